The minimum atomic E-state index is -0.303. The van der Waals surface area contributed by atoms with Crippen LogP contribution in [0.3, 0.4) is 0 Å². The van der Waals surface area contributed by atoms with Gasteiger partial charge < -0.3 is 9.47 Å². The summed E-state index contributed by atoms with van der Waals surface area (Å²) >= 11 is 0. The van der Waals surface area contributed by atoms with Crippen molar-refractivity contribution in [2.45, 2.75) is 71.0 Å². The van der Waals surface area contributed by atoms with E-state index < -0.39 is 0 Å². The molecule has 3 nitrogen and oxygen atoms in total. The van der Waals surface area contributed by atoms with Gasteiger partial charge in [-0.1, -0.05) is 25.0 Å². The van der Waals surface area contributed by atoms with Gasteiger partial charge in [0, 0.05) is 30.6 Å². The maximum Gasteiger partial charge on any atom is 0.168 e. The third-order valence-corrected chi connectivity index (χ3v) is 7.64. The van der Waals surface area contributed by atoms with E-state index in [0.717, 1.165) is 51.2 Å². The molecule has 0 amide bonds. The molecule has 0 unspecified atom stereocenters. The van der Waals surface area contributed by atoms with Crippen molar-refractivity contribution < 1.29 is 14.3 Å². The smallest absolute Gasteiger partial charge is 0.168 e. The summed E-state index contributed by atoms with van der Waals surface area (Å²) in [5, 5.41) is 0. The van der Waals surface area contributed by atoms with Gasteiger partial charge in [0.05, 0.1) is 13.2 Å². The molecule has 0 aromatic carbocycles. The highest BCUT2D eigenvalue weighted by Crippen LogP contribution is 2.59. The minimum Gasteiger partial charge on any atom is -0.349 e. The van der Waals surface area contributed by atoms with Crippen LogP contribution in [0.25, 0.3) is 0 Å². The number of hydrogen-bond acceptors (Lipinski definition) is 3. The first-order chi connectivity index (χ1) is 11.4. The Morgan fingerprint density at radius 2 is 1.58 bits per heavy atom. The van der Waals surface area contributed by atoms with Crippen molar-refractivity contribution in [1.82, 2.24) is 0 Å². The fourth-order valence-electron chi connectivity index (χ4n) is 6.20. The second kappa shape index (κ2) is 5.17. The Labute approximate surface area is 145 Å². The number of carbonyl (C=O) groups excluding carboxylic acids is 1. The number of Topliss-reactive ketones (excluding diaryl/α,β-unsaturated/α-hetero) is 1. The molecule has 1 aliphatic heterocycles. The second-order valence-electron chi connectivity index (χ2n) is 9.87. The summed E-state index contributed by atoms with van der Waals surface area (Å²) in [6, 6.07) is 0. The van der Waals surface area contributed by atoms with Crippen LogP contribution in [0.5, 0.6) is 0 Å². The largest absolute Gasteiger partial charge is 0.349 e. The lowest BCUT2D eigenvalue weighted by atomic mass is 9.81. The SMILES string of the molecule is CC1(C)COC2(CCC(=C3C[C@H]4[C@@H]5CC(=O)[C@@H](C5)[C@H]4C3)CC2)OC1. The van der Waals surface area contributed by atoms with Crippen LogP contribution in [0.15, 0.2) is 11.1 Å². The summed E-state index contributed by atoms with van der Waals surface area (Å²) in [5.74, 6) is 2.92. The van der Waals surface area contributed by atoms with Gasteiger partial charge in [-0.15, -0.1) is 0 Å². The number of fused-ring (bicyclic) bond motifs is 5. The molecule has 5 rings (SSSR count). The lowest BCUT2D eigenvalue weighted by Gasteiger charge is -2.46. The molecule has 1 saturated heterocycles. The van der Waals surface area contributed by atoms with Gasteiger partial charge in [0.2, 0.25) is 0 Å². The summed E-state index contributed by atoms with van der Waals surface area (Å²) in [7, 11) is 0. The van der Waals surface area contributed by atoms with Crippen molar-refractivity contribution in [1.29, 1.82) is 0 Å². The van der Waals surface area contributed by atoms with E-state index in [1.807, 2.05) is 0 Å². The third kappa shape index (κ3) is 2.34. The summed E-state index contributed by atoms with van der Waals surface area (Å²) in [5.41, 5.74) is 3.54. The van der Waals surface area contributed by atoms with Crippen molar-refractivity contribution in [3.63, 3.8) is 0 Å². The third-order valence-electron chi connectivity index (χ3n) is 7.64. The molecule has 4 aliphatic carbocycles. The Kier molecular flexibility index (Phi) is 3.35. The Morgan fingerprint density at radius 3 is 2.29 bits per heavy atom. The molecule has 0 aromatic rings. The van der Waals surface area contributed by atoms with Crippen molar-refractivity contribution in [2.75, 3.05) is 13.2 Å². The normalized spacial score (nSPS) is 42.8. The number of ketones is 1. The van der Waals surface area contributed by atoms with Gasteiger partial charge in [0.25, 0.3) is 0 Å². The van der Waals surface area contributed by atoms with Gasteiger partial charge in [-0.05, 0) is 49.9 Å². The molecule has 0 aromatic heterocycles. The Balaban J connectivity index is 1.26. The van der Waals surface area contributed by atoms with E-state index in [0.29, 0.717) is 23.5 Å². The first kappa shape index (κ1) is 15.6. The summed E-state index contributed by atoms with van der Waals surface area (Å²) in [6.07, 6.45) is 8.90. The minimum absolute atomic E-state index is 0.151. The van der Waals surface area contributed by atoms with Crippen LogP contribution in [-0.2, 0) is 14.3 Å². The number of ether oxygens (including phenoxy) is 2. The van der Waals surface area contributed by atoms with Gasteiger partial charge in [-0.3, -0.25) is 4.79 Å². The summed E-state index contributed by atoms with van der Waals surface area (Å²) in [6.45, 7) is 6.05. The molecule has 24 heavy (non-hydrogen) atoms. The second-order valence-corrected chi connectivity index (χ2v) is 9.87. The molecule has 0 N–H and O–H groups in total. The van der Waals surface area contributed by atoms with Crippen molar-refractivity contribution >= 4 is 5.78 Å². The summed E-state index contributed by atoms with van der Waals surface area (Å²) < 4.78 is 12.4. The molecule has 5 aliphatic rings. The first-order valence-corrected chi connectivity index (χ1v) is 9.95. The topological polar surface area (TPSA) is 35.5 Å². The zero-order valence-electron chi connectivity index (χ0n) is 15.1. The van der Waals surface area contributed by atoms with Crippen molar-refractivity contribution in [2.24, 2.45) is 29.1 Å². The summed E-state index contributed by atoms with van der Waals surface area (Å²) in [4.78, 5) is 12.1. The number of rotatable bonds is 0. The monoisotopic (exact) mass is 330 g/mol. The van der Waals surface area contributed by atoms with Crippen LogP contribution >= 0.6 is 0 Å². The van der Waals surface area contributed by atoms with E-state index in [1.54, 1.807) is 11.1 Å². The molecular weight excluding hydrogens is 300 g/mol. The maximum absolute atomic E-state index is 12.1. The number of carbonyl (C=O) groups is 1. The zero-order chi connectivity index (χ0) is 16.5. The highest BCUT2D eigenvalue weighted by atomic mass is 16.7. The van der Waals surface area contributed by atoms with Crippen molar-refractivity contribution in [3.8, 4) is 0 Å². The molecule has 1 spiro atoms. The van der Waals surface area contributed by atoms with Gasteiger partial charge in [-0.2, -0.15) is 0 Å². The van der Waals surface area contributed by atoms with Crippen LogP contribution < -0.4 is 0 Å². The fraction of sp³-hybridized carbons (Fsp3) is 0.857. The molecule has 4 atom stereocenters. The quantitative estimate of drug-likeness (QED) is 0.623. The van der Waals surface area contributed by atoms with Crippen LogP contribution in [0.1, 0.15) is 65.2 Å². The predicted octanol–water partition coefficient (Wildman–Crippen LogP) is 4.26. The van der Waals surface area contributed by atoms with E-state index in [9.17, 15) is 4.79 Å². The average molecular weight is 330 g/mol. The fourth-order valence-corrected chi connectivity index (χ4v) is 6.20. The highest BCUT2D eigenvalue weighted by molar-refractivity contribution is 5.85. The van der Waals surface area contributed by atoms with Crippen LogP contribution in [0, 0.1) is 29.1 Å². The van der Waals surface area contributed by atoms with E-state index in [1.165, 1.54) is 19.3 Å². The Hall–Kier alpha value is -0.670. The standard InChI is InChI=1S/C21H30O3/c1-20(2)11-23-21(24-12-20)5-3-13(4-6-21)14-7-16-15-9-18(17(16)8-14)19(22)10-15/h15-18H,3-12H2,1-2H3/t15-,16-,17-,18-/m0/s1. The lowest BCUT2D eigenvalue weighted by molar-refractivity contribution is -0.307. The van der Waals surface area contributed by atoms with Crippen molar-refractivity contribution in [3.05, 3.63) is 11.1 Å². The average Bonchev–Trinajstić information content (AvgIpc) is 3.22. The highest BCUT2D eigenvalue weighted by Gasteiger charge is 2.55. The lowest BCUT2D eigenvalue weighted by Crippen LogP contribution is -2.48. The van der Waals surface area contributed by atoms with E-state index in [-0.39, 0.29) is 11.2 Å². The molecular formula is C21H30O3. The van der Waals surface area contributed by atoms with Gasteiger partial charge in [0.1, 0.15) is 5.78 Å². The van der Waals surface area contributed by atoms with Gasteiger partial charge in [0.15, 0.2) is 5.79 Å². The van der Waals surface area contributed by atoms with E-state index in [4.69, 9.17) is 9.47 Å². The van der Waals surface area contributed by atoms with Crippen LogP contribution in [0.2, 0.25) is 0 Å². The zero-order valence-corrected chi connectivity index (χ0v) is 15.1. The Morgan fingerprint density at radius 1 is 0.917 bits per heavy atom. The van der Waals surface area contributed by atoms with E-state index in [2.05, 4.69) is 13.8 Å². The first-order valence-electron chi connectivity index (χ1n) is 9.95. The number of hydrogen-bond donors (Lipinski definition) is 0. The predicted molar refractivity (Wildman–Crippen MR) is 91.3 cm³/mol. The molecule has 5 fully saturated rings. The van der Waals surface area contributed by atoms with E-state index >= 15 is 0 Å². The molecule has 4 saturated carbocycles. The van der Waals surface area contributed by atoms with Crippen LogP contribution in [0.4, 0.5) is 0 Å². The van der Waals surface area contributed by atoms with Gasteiger partial charge >= 0.3 is 0 Å². The number of allylic oxidation sites excluding steroid dienone is 2. The van der Waals surface area contributed by atoms with Gasteiger partial charge in [-0.25, -0.2) is 0 Å². The molecule has 2 bridgehead atoms. The maximum atomic E-state index is 12.1. The Bertz CT molecular complexity index is 580. The molecule has 132 valence electrons. The molecule has 0 radical (unpaired) electrons. The molecule has 3 heteroatoms. The van der Waals surface area contributed by atoms with Crippen LogP contribution in [-0.4, -0.2) is 24.8 Å². The molecule has 1 heterocycles.